The van der Waals surface area contributed by atoms with Crippen LogP contribution in [0.1, 0.15) is 25.1 Å². The van der Waals surface area contributed by atoms with E-state index in [0.29, 0.717) is 17.4 Å². The van der Waals surface area contributed by atoms with E-state index < -0.39 is 10.0 Å². The molecule has 0 saturated heterocycles. The Kier molecular flexibility index (Phi) is 3.60. The van der Waals surface area contributed by atoms with E-state index in [1.165, 1.54) is 11.3 Å². The fourth-order valence-corrected chi connectivity index (χ4v) is 5.62. The summed E-state index contributed by atoms with van der Waals surface area (Å²) in [6.07, 6.45) is 1.07. The second-order valence-electron chi connectivity index (χ2n) is 6.30. The maximum atomic E-state index is 12.7. The summed E-state index contributed by atoms with van der Waals surface area (Å²) in [5, 5.41) is 0.769. The number of hydrogen-bond acceptors (Lipinski definition) is 4. The van der Waals surface area contributed by atoms with Crippen LogP contribution in [0.5, 0.6) is 0 Å². The van der Waals surface area contributed by atoms with Crippen molar-refractivity contribution in [1.82, 2.24) is 4.72 Å². The largest absolute Gasteiger partial charge is 0.326 e. The molecule has 0 bridgehead atoms. The minimum absolute atomic E-state index is 0.241. The Bertz CT molecular complexity index is 778. The van der Waals surface area contributed by atoms with E-state index in [-0.39, 0.29) is 12.0 Å². The smallest absolute Gasteiger partial charge is 0.242 e. The molecule has 4 nitrogen and oxygen atoms in total. The summed E-state index contributed by atoms with van der Waals surface area (Å²) in [5.74, 6) is 0.429. The van der Waals surface area contributed by atoms with Gasteiger partial charge in [-0.25, -0.2) is 13.1 Å². The molecule has 1 saturated carbocycles. The third-order valence-corrected chi connectivity index (χ3v) is 7.18. The summed E-state index contributed by atoms with van der Waals surface area (Å²) in [7, 11) is -3.51. The summed E-state index contributed by atoms with van der Waals surface area (Å²) < 4.78 is 29.1. The Morgan fingerprint density at radius 3 is 2.67 bits per heavy atom. The third-order valence-electron chi connectivity index (χ3n) is 4.31. The molecular weight excluding hydrogens is 304 g/mol. The number of nitrogens with two attached hydrogens (primary N) is 1. The molecule has 1 unspecified atom stereocenters. The van der Waals surface area contributed by atoms with E-state index in [9.17, 15) is 8.42 Å². The van der Waals surface area contributed by atoms with E-state index in [2.05, 4.69) is 18.6 Å². The molecule has 0 radical (unpaired) electrons. The molecule has 3 N–H and O–H groups in total. The zero-order valence-corrected chi connectivity index (χ0v) is 13.9. The van der Waals surface area contributed by atoms with Crippen molar-refractivity contribution < 1.29 is 8.42 Å². The molecule has 1 fully saturated rings. The molecule has 1 aromatic carbocycles. The highest BCUT2D eigenvalue weighted by molar-refractivity contribution is 7.90. The average Bonchev–Trinajstić information content (AvgIpc) is 2.88. The highest BCUT2D eigenvalue weighted by Crippen LogP contribution is 2.51. The SMILES string of the molecule is CC1(C)CC1CNS(=O)(=O)c1c(CN)sc2ccccc12. The summed E-state index contributed by atoms with van der Waals surface area (Å²) in [6.45, 7) is 5.07. The molecule has 1 aliphatic rings. The fraction of sp³-hybridized carbons (Fsp3) is 0.467. The molecular formula is C15H20N2O2S2. The summed E-state index contributed by atoms with van der Waals surface area (Å²) >= 11 is 1.46. The van der Waals surface area contributed by atoms with Gasteiger partial charge >= 0.3 is 0 Å². The summed E-state index contributed by atoms with van der Waals surface area (Å²) in [5.41, 5.74) is 6.00. The van der Waals surface area contributed by atoms with Gasteiger partial charge in [0.25, 0.3) is 0 Å². The van der Waals surface area contributed by atoms with Crippen LogP contribution >= 0.6 is 11.3 Å². The lowest BCUT2D eigenvalue weighted by atomic mass is 10.1. The zero-order valence-electron chi connectivity index (χ0n) is 12.2. The lowest BCUT2D eigenvalue weighted by Gasteiger charge is -2.09. The summed E-state index contributed by atoms with van der Waals surface area (Å²) in [4.78, 5) is 1.09. The normalized spacial score (nSPS) is 20.8. The Labute approximate surface area is 129 Å². The van der Waals surface area contributed by atoms with Crippen LogP contribution in [0.2, 0.25) is 0 Å². The molecule has 3 rings (SSSR count). The molecule has 1 aliphatic carbocycles. The van der Waals surface area contributed by atoms with Gasteiger partial charge in [0.1, 0.15) is 4.90 Å². The third kappa shape index (κ3) is 2.73. The second kappa shape index (κ2) is 5.05. The van der Waals surface area contributed by atoms with Crippen molar-refractivity contribution in [2.45, 2.75) is 31.7 Å². The number of rotatable bonds is 5. The Balaban J connectivity index is 1.94. The zero-order chi connectivity index (χ0) is 15.3. The van der Waals surface area contributed by atoms with E-state index >= 15 is 0 Å². The van der Waals surface area contributed by atoms with Gasteiger partial charge in [-0.15, -0.1) is 11.3 Å². The number of sulfonamides is 1. The van der Waals surface area contributed by atoms with Crippen molar-refractivity contribution in [3.8, 4) is 0 Å². The lowest BCUT2D eigenvalue weighted by Crippen LogP contribution is -2.27. The number of nitrogens with one attached hydrogen (secondary N) is 1. The first-order valence-corrected chi connectivity index (χ1v) is 9.35. The molecule has 6 heteroatoms. The Morgan fingerprint density at radius 2 is 2.05 bits per heavy atom. The van der Waals surface area contributed by atoms with Gasteiger partial charge in [0.05, 0.1) is 0 Å². The van der Waals surface area contributed by atoms with Crippen LogP contribution in [-0.4, -0.2) is 15.0 Å². The molecule has 2 aromatic rings. The van der Waals surface area contributed by atoms with Crippen LogP contribution in [-0.2, 0) is 16.6 Å². The second-order valence-corrected chi connectivity index (χ2v) is 9.14. The van der Waals surface area contributed by atoms with Crippen molar-refractivity contribution in [3.05, 3.63) is 29.1 Å². The average molecular weight is 324 g/mol. The monoisotopic (exact) mass is 324 g/mol. The molecule has 0 spiro atoms. The molecule has 0 amide bonds. The number of thiophene rings is 1. The van der Waals surface area contributed by atoms with Crippen molar-refractivity contribution in [3.63, 3.8) is 0 Å². The van der Waals surface area contributed by atoms with Gasteiger partial charge < -0.3 is 5.73 Å². The quantitative estimate of drug-likeness (QED) is 0.888. The maximum absolute atomic E-state index is 12.7. The van der Waals surface area contributed by atoms with Gasteiger partial charge in [-0.2, -0.15) is 0 Å². The van der Waals surface area contributed by atoms with Crippen LogP contribution in [0, 0.1) is 11.3 Å². The van der Waals surface area contributed by atoms with Crippen molar-refractivity contribution in [2.24, 2.45) is 17.1 Å². The van der Waals surface area contributed by atoms with Crippen LogP contribution in [0.4, 0.5) is 0 Å². The predicted molar refractivity (Wildman–Crippen MR) is 86.8 cm³/mol. The molecule has 114 valence electrons. The van der Waals surface area contributed by atoms with Crippen molar-refractivity contribution in [1.29, 1.82) is 0 Å². The topological polar surface area (TPSA) is 72.2 Å². The molecule has 1 aromatic heterocycles. The van der Waals surface area contributed by atoms with E-state index in [1.807, 2.05) is 24.3 Å². The van der Waals surface area contributed by atoms with Crippen LogP contribution in [0.15, 0.2) is 29.2 Å². The van der Waals surface area contributed by atoms with E-state index in [4.69, 9.17) is 5.73 Å². The van der Waals surface area contributed by atoms with Crippen molar-refractivity contribution in [2.75, 3.05) is 6.54 Å². The Hall–Kier alpha value is -0.950. The number of benzene rings is 1. The highest BCUT2D eigenvalue weighted by Gasteiger charge is 2.45. The summed E-state index contributed by atoms with van der Waals surface area (Å²) in [6, 6.07) is 7.55. The van der Waals surface area contributed by atoms with Crippen LogP contribution in [0.3, 0.4) is 0 Å². The number of hydrogen-bond donors (Lipinski definition) is 2. The van der Waals surface area contributed by atoms with Gasteiger partial charge in [-0.1, -0.05) is 32.0 Å². The van der Waals surface area contributed by atoms with Gasteiger partial charge in [0.2, 0.25) is 10.0 Å². The standard InChI is InChI=1S/C15H20N2O2S2/c1-15(2)7-10(15)9-17-21(18,19)14-11-5-3-4-6-12(11)20-13(14)8-16/h3-6,10,17H,7-9,16H2,1-2H3. The first kappa shape index (κ1) is 15.0. The number of fused-ring (bicyclic) bond motifs is 1. The molecule has 0 aliphatic heterocycles. The Morgan fingerprint density at radius 1 is 1.38 bits per heavy atom. The van der Waals surface area contributed by atoms with Crippen LogP contribution in [0.25, 0.3) is 10.1 Å². The molecule has 21 heavy (non-hydrogen) atoms. The van der Waals surface area contributed by atoms with Gasteiger partial charge in [-0.05, 0) is 23.8 Å². The highest BCUT2D eigenvalue weighted by atomic mass is 32.2. The predicted octanol–water partition coefficient (Wildman–Crippen LogP) is 2.68. The lowest BCUT2D eigenvalue weighted by molar-refractivity contribution is 0.538. The van der Waals surface area contributed by atoms with Gasteiger partial charge in [-0.3, -0.25) is 0 Å². The first-order chi connectivity index (χ1) is 9.85. The maximum Gasteiger partial charge on any atom is 0.242 e. The van der Waals surface area contributed by atoms with E-state index in [1.54, 1.807) is 0 Å². The minimum Gasteiger partial charge on any atom is -0.326 e. The minimum atomic E-state index is -3.51. The van der Waals surface area contributed by atoms with E-state index in [0.717, 1.165) is 21.4 Å². The molecule has 1 atom stereocenters. The fourth-order valence-electron chi connectivity index (χ4n) is 2.71. The van der Waals surface area contributed by atoms with Crippen molar-refractivity contribution >= 4 is 31.4 Å². The first-order valence-electron chi connectivity index (χ1n) is 7.05. The molecule has 1 heterocycles. The van der Waals surface area contributed by atoms with Gasteiger partial charge in [0, 0.05) is 28.1 Å². The van der Waals surface area contributed by atoms with Gasteiger partial charge in [0.15, 0.2) is 0 Å². The van der Waals surface area contributed by atoms with Crippen LogP contribution < -0.4 is 10.5 Å².